The van der Waals surface area contributed by atoms with Gasteiger partial charge >= 0.3 is 6.03 Å². The molecule has 9 nitrogen and oxygen atoms in total. The van der Waals surface area contributed by atoms with Crippen molar-refractivity contribution in [1.29, 1.82) is 0 Å². The lowest BCUT2D eigenvalue weighted by molar-refractivity contribution is 0.122. The predicted octanol–water partition coefficient (Wildman–Crippen LogP) is 4.94. The largest absolute Gasteiger partial charge is 0.383 e. The summed E-state index contributed by atoms with van der Waals surface area (Å²) in [6, 6.07) is 12.0. The molecule has 2 amide bonds. The Kier molecular flexibility index (Phi) is 5.88. The molecule has 4 aromatic rings. The van der Waals surface area contributed by atoms with Gasteiger partial charge in [-0.3, -0.25) is 4.68 Å². The zero-order chi connectivity index (χ0) is 25.5. The van der Waals surface area contributed by atoms with E-state index in [2.05, 4.69) is 20.5 Å². The summed E-state index contributed by atoms with van der Waals surface area (Å²) in [7, 11) is 0. The van der Waals surface area contributed by atoms with Crippen LogP contribution >= 0.6 is 0 Å². The normalized spacial score (nSPS) is 15.7. The lowest BCUT2D eigenvalue weighted by Crippen LogP contribution is -2.36. The minimum Gasteiger partial charge on any atom is -0.383 e. The molecule has 1 saturated heterocycles. The summed E-state index contributed by atoms with van der Waals surface area (Å²) < 4.78 is 22.5. The lowest BCUT2D eigenvalue weighted by atomic mass is 10.1. The molecule has 2 aromatic carbocycles. The SMILES string of the molecule is Cc1cc(NC(=O)Nc2ccc(-c3nn(C4CC4)c4ccnc(N)c34)cc2F)ccc1N1CCOCC1. The number of ether oxygens (including phenoxy) is 1. The Bertz CT molecular complexity index is 1490. The highest BCUT2D eigenvalue weighted by Gasteiger charge is 2.28. The number of hydrogen-bond acceptors (Lipinski definition) is 6. The Morgan fingerprint density at radius 3 is 2.65 bits per heavy atom. The second-order valence-electron chi connectivity index (χ2n) is 9.49. The zero-order valence-electron chi connectivity index (χ0n) is 20.5. The van der Waals surface area contributed by atoms with Crippen LogP contribution in [0, 0.1) is 12.7 Å². The fraction of sp³-hybridized carbons (Fsp3) is 0.296. The summed E-state index contributed by atoms with van der Waals surface area (Å²) in [4.78, 5) is 19.1. The summed E-state index contributed by atoms with van der Waals surface area (Å²) in [6.45, 7) is 5.08. The molecule has 190 valence electrons. The topological polar surface area (TPSA) is 110 Å². The molecule has 0 unspecified atom stereocenters. The Balaban J connectivity index is 1.19. The van der Waals surface area contributed by atoms with Gasteiger partial charge in [0.15, 0.2) is 0 Å². The van der Waals surface area contributed by atoms with Crippen LogP contribution < -0.4 is 21.3 Å². The molecule has 6 rings (SSSR count). The number of rotatable bonds is 5. The van der Waals surface area contributed by atoms with E-state index in [9.17, 15) is 4.79 Å². The van der Waals surface area contributed by atoms with Gasteiger partial charge in [0.2, 0.25) is 0 Å². The number of carbonyl (C=O) groups excluding carboxylic acids is 1. The van der Waals surface area contributed by atoms with E-state index in [1.165, 1.54) is 12.1 Å². The lowest BCUT2D eigenvalue weighted by Gasteiger charge is -2.30. The van der Waals surface area contributed by atoms with Gasteiger partial charge in [-0.05, 0) is 61.7 Å². The van der Waals surface area contributed by atoms with Crippen molar-refractivity contribution in [2.24, 2.45) is 0 Å². The molecule has 1 saturated carbocycles. The van der Waals surface area contributed by atoms with Crippen LogP contribution in [-0.2, 0) is 4.74 Å². The van der Waals surface area contributed by atoms with Gasteiger partial charge in [-0.2, -0.15) is 5.10 Å². The molecule has 10 heteroatoms. The third-order valence-electron chi connectivity index (χ3n) is 6.84. The van der Waals surface area contributed by atoms with E-state index in [0.29, 0.717) is 47.4 Å². The van der Waals surface area contributed by atoms with Crippen molar-refractivity contribution in [2.75, 3.05) is 47.6 Å². The molecular formula is C27H28FN7O2. The van der Waals surface area contributed by atoms with Crippen LogP contribution in [0.1, 0.15) is 24.4 Å². The molecule has 1 aliphatic carbocycles. The molecule has 4 N–H and O–H groups in total. The van der Waals surface area contributed by atoms with Crippen molar-refractivity contribution in [1.82, 2.24) is 14.8 Å². The molecule has 0 spiro atoms. The number of urea groups is 1. The Morgan fingerprint density at radius 1 is 1.11 bits per heavy atom. The third-order valence-corrected chi connectivity index (χ3v) is 6.84. The number of nitrogens with one attached hydrogen (secondary N) is 2. The number of amides is 2. The monoisotopic (exact) mass is 501 g/mol. The molecule has 2 fully saturated rings. The average Bonchev–Trinajstić information content (AvgIpc) is 3.66. The minimum absolute atomic E-state index is 0.0694. The number of fused-ring (bicyclic) bond motifs is 1. The highest BCUT2D eigenvalue weighted by Crippen LogP contribution is 2.41. The summed E-state index contributed by atoms with van der Waals surface area (Å²) in [5, 5.41) is 10.8. The van der Waals surface area contributed by atoms with Gasteiger partial charge < -0.3 is 26.0 Å². The summed E-state index contributed by atoms with van der Waals surface area (Å²) >= 11 is 0. The van der Waals surface area contributed by atoms with Crippen molar-refractivity contribution in [2.45, 2.75) is 25.8 Å². The third kappa shape index (κ3) is 4.55. The maximum Gasteiger partial charge on any atom is 0.323 e. The second-order valence-corrected chi connectivity index (χ2v) is 9.49. The van der Waals surface area contributed by atoms with Crippen LogP contribution in [0.25, 0.3) is 22.2 Å². The second kappa shape index (κ2) is 9.36. The van der Waals surface area contributed by atoms with Crippen LogP contribution in [0.15, 0.2) is 48.7 Å². The fourth-order valence-electron chi connectivity index (χ4n) is 4.85. The molecule has 0 atom stereocenters. The first-order valence-electron chi connectivity index (χ1n) is 12.4. The maximum absolute atomic E-state index is 15.1. The van der Waals surface area contributed by atoms with Gasteiger partial charge in [0.05, 0.1) is 35.8 Å². The van der Waals surface area contributed by atoms with Crippen molar-refractivity contribution >= 4 is 39.8 Å². The fourth-order valence-corrected chi connectivity index (χ4v) is 4.85. The number of halogens is 1. The molecular weight excluding hydrogens is 473 g/mol. The smallest absolute Gasteiger partial charge is 0.323 e. The zero-order valence-corrected chi connectivity index (χ0v) is 20.5. The number of anilines is 4. The molecule has 0 radical (unpaired) electrons. The first-order chi connectivity index (χ1) is 18.0. The number of carbonyl (C=O) groups is 1. The van der Waals surface area contributed by atoms with Gasteiger partial charge in [-0.15, -0.1) is 0 Å². The maximum atomic E-state index is 15.1. The molecule has 3 heterocycles. The van der Waals surface area contributed by atoms with Crippen LogP contribution in [-0.4, -0.2) is 47.1 Å². The molecule has 2 aromatic heterocycles. The van der Waals surface area contributed by atoms with E-state index in [0.717, 1.165) is 42.7 Å². The molecule has 1 aliphatic heterocycles. The van der Waals surface area contributed by atoms with Crippen molar-refractivity contribution in [3.8, 4) is 11.3 Å². The average molecular weight is 502 g/mol. The standard InChI is InChI=1S/C27H28FN7O2/c1-16-14-18(3-7-22(16)34-10-12-37-13-11-34)31-27(36)32-21-6-2-17(15-20(21)28)25-24-23(8-9-30-26(24)29)35(33-25)19-4-5-19/h2-3,6-9,14-15,19H,4-5,10-13H2,1H3,(H2,29,30)(H2,31,32,36). The first kappa shape index (κ1) is 23.2. The predicted molar refractivity (Wildman–Crippen MR) is 142 cm³/mol. The number of nitrogens with zero attached hydrogens (tertiary/aromatic N) is 4. The van der Waals surface area contributed by atoms with E-state index in [1.54, 1.807) is 12.3 Å². The van der Waals surface area contributed by atoms with Gasteiger partial charge in [0, 0.05) is 36.2 Å². The number of aromatic nitrogens is 3. The van der Waals surface area contributed by atoms with E-state index < -0.39 is 11.8 Å². The van der Waals surface area contributed by atoms with Gasteiger partial charge in [0.1, 0.15) is 17.3 Å². The van der Waals surface area contributed by atoms with Gasteiger partial charge in [-0.25, -0.2) is 14.2 Å². The minimum atomic E-state index is -0.567. The number of aryl methyl sites for hydroxylation is 1. The molecule has 37 heavy (non-hydrogen) atoms. The summed E-state index contributed by atoms with van der Waals surface area (Å²) in [6.07, 6.45) is 3.77. The number of hydrogen-bond donors (Lipinski definition) is 3. The number of nitrogen functional groups attached to an aromatic ring is 1. The Morgan fingerprint density at radius 2 is 1.92 bits per heavy atom. The van der Waals surface area contributed by atoms with Crippen LogP contribution in [0.3, 0.4) is 0 Å². The number of pyridine rings is 1. The van der Waals surface area contributed by atoms with E-state index in [-0.39, 0.29) is 5.69 Å². The number of morpholine rings is 1. The molecule has 0 bridgehead atoms. The van der Waals surface area contributed by atoms with Gasteiger partial charge in [-0.1, -0.05) is 6.07 Å². The van der Waals surface area contributed by atoms with E-state index in [4.69, 9.17) is 15.6 Å². The highest BCUT2D eigenvalue weighted by molar-refractivity contribution is 6.02. The molecule has 2 aliphatic rings. The summed E-state index contributed by atoms with van der Waals surface area (Å²) in [5.74, 6) is -0.209. The van der Waals surface area contributed by atoms with Crippen LogP contribution in [0.5, 0.6) is 0 Å². The number of nitrogens with two attached hydrogens (primary N) is 1. The van der Waals surface area contributed by atoms with Crippen molar-refractivity contribution in [3.05, 3.63) is 60.0 Å². The van der Waals surface area contributed by atoms with Crippen molar-refractivity contribution < 1.29 is 13.9 Å². The van der Waals surface area contributed by atoms with E-state index in [1.807, 2.05) is 35.9 Å². The Labute approximate surface area is 213 Å². The first-order valence-corrected chi connectivity index (χ1v) is 12.4. The number of benzene rings is 2. The van der Waals surface area contributed by atoms with E-state index >= 15 is 4.39 Å². The Hall–Kier alpha value is -4.18. The quantitative estimate of drug-likeness (QED) is 0.357. The van der Waals surface area contributed by atoms with Crippen molar-refractivity contribution in [3.63, 3.8) is 0 Å². The highest BCUT2D eigenvalue weighted by atomic mass is 19.1. The van der Waals surface area contributed by atoms with Crippen LogP contribution in [0.2, 0.25) is 0 Å². The van der Waals surface area contributed by atoms with Crippen LogP contribution in [0.4, 0.5) is 32.1 Å². The van der Waals surface area contributed by atoms with Gasteiger partial charge in [0.25, 0.3) is 0 Å². The summed E-state index contributed by atoms with van der Waals surface area (Å²) in [5.41, 5.74) is 11.1.